The zero-order valence-electron chi connectivity index (χ0n) is 22.3. The van der Waals surface area contributed by atoms with Crippen LogP contribution >= 0.6 is 0 Å². The molecule has 0 unspecified atom stereocenters. The van der Waals surface area contributed by atoms with Crippen LogP contribution in [0.5, 0.6) is 5.75 Å². The first-order valence-corrected chi connectivity index (χ1v) is 12.9. The first-order valence-electron chi connectivity index (χ1n) is 12.9. The molecule has 1 heterocycles. The van der Waals surface area contributed by atoms with E-state index >= 15 is 0 Å². The minimum atomic E-state index is -0.819. The van der Waals surface area contributed by atoms with Crippen molar-refractivity contribution in [2.45, 2.75) is 71.4 Å². The number of ether oxygens (including phenoxy) is 1. The number of nitrogens with zero attached hydrogens (tertiary/aromatic N) is 2. The molecule has 1 saturated heterocycles. The molecule has 36 heavy (non-hydrogen) atoms. The van der Waals surface area contributed by atoms with E-state index in [9.17, 15) is 19.2 Å². The number of likely N-dealkylation sites (N-methyl/N-ethyl adjacent to an activating group) is 1. The van der Waals surface area contributed by atoms with Crippen LogP contribution in [0.3, 0.4) is 0 Å². The highest BCUT2D eigenvalue weighted by atomic mass is 16.5. The summed E-state index contributed by atoms with van der Waals surface area (Å²) in [7, 11) is 3.16. The molecule has 0 radical (unpaired) electrons. The summed E-state index contributed by atoms with van der Waals surface area (Å²) in [6, 6.07) is 5.79. The quantitative estimate of drug-likeness (QED) is 0.620. The van der Waals surface area contributed by atoms with Gasteiger partial charge < -0.3 is 25.2 Å². The Hall–Kier alpha value is -3.10. The molecule has 0 aliphatic carbocycles. The molecule has 0 aromatic heterocycles. The molecule has 1 aromatic carbocycles. The Morgan fingerprint density at radius 3 is 2.42 bits per heavy atom. The van der Waals surface area contributed by atoms with Gasteiger partial charge in [0.1, 0.15) is 17.8 Å². The van der Waals surface area contributed by atoms with Gasteiger partial charge in [0.05, 0.1) is 7.11 Å². The SMILES string of the molecule is COc1ccc(C[C@@H]2NC(=O)CCCN(C(=O)CCC(C)C)CCCNC(=O)[C@H](C)N(C)C2=O)cc1. The topological polar surface area (TPSA) is 108 Å². The molecule has 9 nitrogen and oxygen atoms in total. The largest absolute Gasteiger partial charge is 0.497 e. The molecular weight excluding hydrogens is 460 g/mol. The molecule has 1 fully saturated rings. The lowest BCUT2D eigenvalue weighted by Gasteiger charge is -2.29. The summed E-state index contributed by atoms with van der Waals surface area (Å²) >= 11 is 0. The van der Waals surface area contributed by atoms with Crippen LogP contribution in [0.4, 0.5) is 0 Å². The van der Waals surface area contributed by atoms with Crippen molar-refractivity contribution < 1.29 is 23.9 Å². The van der Waals surface area contributed by atoms with Gasteiger partial charge in [0.2, 0.25) is 23.6 Å². The van der Waals surface area contributed by atoms with Gasteiger partial charge in [0.25, 0.3) is 0 Å². The molecule has 2 rings (SSSR count). The average Bonchev–Trinajstić information content (AvgIpc) is 2.86. The third-order valence-electron chi connectivity index (χ3n) is 6.56. The second kappa shape index (κ2) is 14.5. The van der Waals surface area contributed by atoms with Crippen molar-refractivity contribution in [2.75, 3.05) is 33.8 Å². The number of carbonyl (C=O) groups is 4. The van der Waals surface area contributed by atoms with Gasteiger partial charge in [-0.3, -0.25) is 19.2 Å². The Balaban J connectivity index is 2.18. The van der Waals surface area contributed by atoms with E-state index < -0.39 is 12.1 Å². The van der Waals surface area contributed by atoms with E-state index in [1.54, 1.807) is 38.1 Å². The molecule has 1 aromatic rings. The fraction of sp³-hybridized carbons (Fsp3) is 0.630. The standard InChI is InChI=1S/C27H42N4O5/c1-19(2)9-14-25(33)31-16-6-8-24(32)29-23(18-21-10-12-22(36-5)13-11-21)27(35)30(4)20(3)26(34)28-15-7-17-31/h10-13,19-20,23H,6-9,14-18H2,1-5H3,(H,28,34)(H,29,32)/t20-,23-/m0/s1. The van der Waals surface area contributed by atoms with Gasteiger partial charge in [-0.25, -0.2) is 0 Å². The smallest absolute Gasteiger partial charge is 0.245 e. The molecular formula is C27H42N4O5. The Kier molecular flexibility index (Phi) is 11.7. The summed E-state index contributed by atoms with van der Waals surface area (Å²) < 4.78 is 5.20. The van der Waals surface area contributed by atoms with Crippen LogP contribution in [-0.2, 0) is 25.6 Å². The van der Waals surface area contributed by atoms with Crippen LogP contribution in [0.25, 0.3) is 0 Å². The van der Waals surface area contributed by atoms with Gasteiger partial charge in [-0.15, -0.1) is 0 Å². The van der Waals surface area contributed by atoms with Crippen LogP contribution in [-0.4, -0.2) is 79.3 Å². The maximum absolute atomic E-state index is 13.3. The van der Waals surface area contributed by atoms with Gasteiger partial charge >= 0.3 is 0 Å². The maximum Gasteiger partial charge on any atom is 0.245 e. The average molecular weight is 503 g/mol. The normalized spacial score (nSPS) is 20.9. The predicted molar refractivity (Wildman–Crippen MR) is 138 cm³/mol. The number of hydrogen-bond donors (Lipinski definition) is 2. The number of rotatable bonds is 6. The van der Waals surface area contributed by atoms with E-state index in [0.29, 0.717) is 50.6 Å². The monoisotopic (exact) mass is 502 g/mol. The minimum Gasteiger partial charge on any atom is -0.497 e. The molecule has 0 spiro atoms. The zero-order chi connectivity index (χ0) is 26.7. The van der Waals surface area contributed by atoms with Crippen molar-refractivity contribution in [1.29, 1.82) is 0 Å². The van der Waals surface area contributed by atoms with Gasteiger partial charge in [0.15, 0.2) is 0 Å². The maximum atomic E-state index is 13.3. The van der Waals surface area contributed by atoms with Crippen molar-refractivity contribution in [3.63, 3.8) is 0 Å². The zero-order valence-corrected chi connectivity index (χ0v) is 22.3. The summed E-state index contributed by atoms with van der Waals surface area (Å²) in [6.45, 7) is 7.22. The van der Waals surface area contributed by atoms with E-state index in [0.717, 1.165) is 12.0 Å². The molecule has 1 aliphatic rings. The van der Waals surface area contributed by atoms with Crippen molar-refractivity contribution in [3.05, 3.63) is 29.8 Å². The predicted octanol–water partition coefficient (Wildman–Crippen LogP) is 2.13. The van der Waals surface area contributed by atoms with Crippen LogP contribution in [0.15, 0.2) is 24.3 Å². The number of methoxy groups -OCH3 is 1. The molecule has 0 bridgehead atoms. The fourth-order valence-corrected chi connectivity index (χ4v) is 4.07. The number of benzene rings is 1. The highest BCUT2D eigenvalue weighted by molar-refractivity contribution is 5.92. The van der Waals surface area contributed by atoms with E-state index in [1.165, 1.54) is 4.90 Å². The number of hydrogen-bond acceptors (Lipinski definition) is 5. The first kappa shape index (κ1) is 29.1. The van der Waals surface area contributed by atoms with Crippen LogP contribution in [0.1, 0.15) is 58.4 Å². The highest BCUT2D eigenvalue weighted by Gasteiger charge is 2.30. The number of nitrogens with one attached hydrogen (secondary N) is 2. The molecule has 4 amide bonds. The molecule has 2 atom stereocenters. The Morgan fingerprint density at radius 1 is 1.11 bits per heavy atom. The summed E-state index contributed by atoms with van der Waals surface area (Å²) in [6.07, 6.45) is 2.88. The fourth-order valence-electron chi connectivity index (χ4n) is 4.07. The summed E-state index contributed by atoms with van der Waals surface area (Å²) in [5, 5.41) is 5.74. The van der Waals surface area contributed by atoms with Gasteiger partial charge in [-0.2, -0.15) is 0 Å². The van der Waals surface area contributed by atoms with Crippen LogP contribution < -0.4 is 15.4 Å². The van der Waals surface area contributed by atoms with Gasteiger partial charge in [-0.05, 0) is 49.8 Å². The summed E-state index contributed by atoms with van der Waals surface area (Å²) in [4.78, 5) is 54.8. The highest BCUT2D eigenvalue weighted by Crippen LogP contribution is 2.15. The van der Waals surface area contributed by atoms with Crippen molar-refractivity contribution in [2.24, 2.45) is 5.92 Å². The third kappa shape index (κ3) is 9.17. The second-order valence-electron chi connectivity index (χ2n) is 9.86. The summed E-state index contributed by atoms with van der Waals surface area (Å²) in [5.74, 6) is 0.347. The van der Waals surface area contributed by atoms with E-state index in [2.05, 4.69) is 24.5 Å². The minimum absolute atomic E-state index is 0.0698. The molecule has 0 saturated carbocycles. The van der Waals surface area contributed by atoms with E-state index in [4.69, 9.17) is 4.74 Å². The lowest BCUT2D eigenvalue weighted by atomic mass is 10.0. The molecule has 1 aliphatic heterocycles. The Morgan fingerprint density at radius 2 is 1.78 bits per heavy atom. The van der Waals surface area contributed by atoms with Crippen LogP contribution in [0.2, 0.25) is 0 Å². The number of amides is 4. The van der Waals surface area contributed by atoms with E-state index in [1.807, 2.05) is 12.1 Å². The Bertz CT molecular complexity index is 887. The lowest BCUT2D eigenvalue weighted by Crippen LogP contribution is -2.54. The molecule has 2 N–H and O–H groups in total. The Labute approximate surface area is 214 Å². The lowest BCUT2D eigenvalue weighted by molar-refractivity contribution is -0.141. The van der Waals surface area contributed by atoms with Crippen LogP contribution in [0, 0.1) is 5.92 Å². The third-order valence-corrected chi connectivity index (χ3v) is 6.56. The second-order valence-corrected chi connectivity index (χ2v) is 9.86. The van der Waals surface area contributed by atoms with Gasteiger partial charge in [0, 0.05) is 45.9 Å². The molecule has 200 valence electrons. The summed E-state index contributed by atoms with van der Waals surface area (Å²) in [5.41, 5.74) is 0.861. The van der Waals surface area contributed by atoms with Crippen molar-refractivity contribution in [1.82, 2.24) is 20.4 Å². The van der Waals surface area contributed by atoms with Gasteiger partial charge in [-0.1, -0.05) is 26.0 Å². The van der Waals surface area contributed by atoms with E-state index in [-0.39, 0.29) is 36.5 Å². The molecule has 9 heteroatoms. The first-order chi connectivity index (χ1) is 17.1. The number of carbonyl (C=O) groups excluding carboxylic acids is 4. The van der Waals surface area contributed by atoms with Crippen molar-refractivity contribution >= 4 is 23.6 Å². The van der Waals surface area contributed by atoms with Crippen molar-refractivity contribution in [3.8, 4) is 5.75 Å².